The van der Waals surface area contributed by atoms with E-state index in [1.54, 1.807) is 0 Å². The first-order valence-electron chi connectivity index (χ1n) is 7.88. The molecule has 0 aromatic carbocycles. The minimum Gasteiger partial charge on any atom is -0.314 e. The van der Waals surface area contributed by atoms with Gasteiger partial charge in [-0.05, 0) is 64.7 Å². The Kier molecular flexibility index (Phi) is 3.65. The molecule has 4 saturated heterocycles. The van der Waals surface area contributed by atoms with Gasteiger partial charge in [0, 0.05) is 24.7 Å². The zero-order valence-corrected chi connectivity index (χ0v) is 12.2. The second-order valence-electron chi connectivity index (χ2n) is 6.73. The molecule has 4 aliphatic rings. The van der Waals surface area contributed by atoms with Gasteiger partial charge in [-0.25, -0.2) is 0 Å². The molecule has 1 N–H and O–H groups in total. The number of likely N-dealkylation sites (tertiary alicyclic amines) is 1. The fourth-order valence-corrected chi connectivity index (χ4v) is 4.82. The minimum atomic E-state index is 0.655. The Hall–Kier alpha value is -0.120. The van der Waals surface area contributed by atoms with Crippen LogP contribution in [0.5, 0.6) is 0 Å². The van der Waals surface area contributed by atoms with Crippen LogP contribution in [0, 0.1) is 11.8 Å². The van der Waals surface area contributed by atoms with Crippen LogP contribution in [0.15, 0.2) is 0 Å². The highest BCUT2D eigenvalue weighted by atomic mass is 15.3. The van der Waals surface area contributed by atoms with E-state index in [0.29, 0.717) is 6.04 Å². The first-order chi connectivity index (χ1) is 8.70. The Bertz CT molecular complexity index is 285. The van der Waals surface area contributed by atoms with Gasteiger partial charge in [-0.1, -0.05) is 6.92 Å². The number of hydrogen-bond acceptors (Lipinski definition) is 3. The van der Waals surface area contributed by atoms with E-state index in [0.717, 1.165) is 30.5 Å². The molecule has 4 atom stereocenters. The van der Waals surface area contributed by atoms with Crippen LogP contribution in [-0.2, 0) is 0 Å². The molecule has 104 valence electrons. The van der Waals surface area contributed by atoms with Gasteiger partial charge in [-0.2, -0.15) is 0 Å². The molecular weight excluding hydrogens is 222 g/mol. The van der Waals surface area contributed by atoms with E-state index in [9.17, 15) is 0 Å². The normalized spacial score (nSPS) is 45.2. The lowest BCUT2D eigenvalue weighted by molar-refractivity contribution is 0.00169. The average Bonchev–Trinajstić information content (AvgIpc) is 2.70. The second kappa shape index (κ2) is 5.10. The van der Waals surface area contributed by atoms with Gasteiger partial charge in [0.05, 0.1) is 0 Å². The van der Waals surface area contributed by atoms with Crippen molar-refractivity contribution >= 4 is 0 Å². The van der Waals surface area contributed by atoms with Crippen molar-refractivity contribution in [3.05, 3.63) is 0 Å². The average molecular weight is 251 g/mol. The van der Waals surface area contributed by atoms with E-state index in [-0.39, 0.29) is 0 Å². The van der Waals surface area contributed by atoms with Crippen molar-refractivity contribution in [2.24, 2.45) is 11.8 Å². The van der Waals surface area contributed by atoms with E-state index in [1.165, 1.54) is 38.9 Å². The predicted octanol–water partition coefficient (Wildman–Crippen LogP) is 1.40. The van der Waals surface area contributed by atoms with Gasteiger partial charge >= 0.3 is 0 Å². The molecule has 4 aliphatic heterocycles. The van der Waals surface area contributed by atoms with Crippen LogP contribution in [0.3, 0.4) is 0 Å². The summed E-state index contributed by atoms with van der Waals surface area (Å²) in [6.45, 7) is 9.73. The largest absolute Gasteiger partial charge is 0.314 e. The lowest BCUT2D eigenvalue weighted by Gasteiger charge is -2.50. The first kappa shape index (κ1) is 12.9. The van der Waals surface area contributed by atoms with Crippen LogP contribution in [-0.4, -0.2) is 61.2 Å². The van der Waals surface area contributed by atoms with Crippen molar-refractivity contribution in [1.29, 1.82) is 0 Å². The molecule has 4 rings (SSSR count). The van der Waals surface area contributed by atoms with Gasteiger partial charge in [0.25, 0.3) is 0 Å². The number of nitrogens with zero attached hydrogens (tertiary/aromatic N) is 2. The molecule has 0 amide bonds. The molecule has 0 spiro atoms. The first-order valence-corrected chi connectivity index (χ1v) is 7.88. The highest BCUT2D eigenvalue weighted by molar-refractivity contribution is 5.06. The highest BCUT2D eigenvalue weighted by Crippen LogP contribution is 2.44. The van der Waals surface area contributed by atoms with Crippen LogP contribution >= 0.6 is 0 Å². The van der Waals surface area contributed by atoms with Crippen molar-refractivity contribution in [3.8, 4) is 0 Å². The Morgan fingerprint density at radius 2 is 2.00 bits per heavy atom. The summed E-state index contributed by atoms with van der Waals surface area (Å²) in [6.07, 6.45) is 4.24. The molecule has 0 aromatic rings. The maximum Gasteiger partial charge on any atom is 0.0295 e. The molecule has 4 fully saturated rings. The summed E-state index contributed by atoms with van der Waals surface area (Å²) in [5, 5.41) is 3.59. The summed E-state index contributed by atoms with van der Waals surface area (Å²) in [5.74, 6) is 2.00. The Morgan fingerprint density at radius 3 is 2.67 bits per heavy atom. The third-order valence-electron chi connectivity index (χ3n) is 5.65. The maximum absolute atomic E-state index is 3.59. The van der Waals surface area contributed by atoms with E-state index in [2.05, 4.69) is 36.0 Å². The summed E-state index contributed by atoms with van der Waals surface area (Å²) in [6, 6.07) is 2.30. The zero-order chi connectivity index (χ0) is 12.7. The summed E-state index contributed by atoms with van der Waals surface area (Å²) >= 11 is 0. The third-order valence-corrected chi connectivity index (χ3v) is 5.65. The highest BCUT2D eigenvalue weighted by Gasteiger charge is 2.51. The molecule has 4 unspecified atom stereocenters. The number of rotatable bonds is 4. The van der Waals surface area contributed by atoms with Crippen LogP contribution in [0.2, 0.25) is 0 Å². The van der Waals surface area contributed by atoms with Gasteiger partial charge in [0.2, 0.25) is 0 Å². The summed E-state index contributed by atoms with van der Waals surface area (Å²) in [5.41, 5.74) is 0. The lowest BCUT2D eigenvalue weighted by atomic mass is 9.73. The number of fused-ring (bicyclic) bond motifs is 2. The van der Waals surface area contributed by atoms with Gasteiger partial charge in [0.15, 0.2) is 0 Å². The molecule has 3 heteroatoms. The van der Waals surface area contributed by atoms with Crippen LogP contribution in [0.1, 0.15) is 33.1 Å². The Labute approximate surface area is 112 Å². The third kappa shape index (κ3) is 2.10. The van der Waals surface area contributed by atoms with Crippen molar-refractivity contribution in [1.82, 2.24) is 15.1 Å². The molecule has 2 bridgehead atoms. The topological polar surface area (TPSA) is 18.5 Å². The fraction of sp³-hybridized carbons (Fsp3) is 1.00. The number of hydrogen-bond donors (Lipinski definition) is 1. The summed E-state index contributed by atoms with van der Waals surface area (Å²) in [7, 11) is 2.35. The van der Waals surface area contributed by atoms with Gasteiger partial charge in [0.1, 0.15) is 0 Å². The van der Waals surface area contributed by atoms with Crippen LogP contribution < -0.4 is 5.32 Å². The Balaban J connectivity index is 1.70. The molecule has 3 nitrogen and oxygen atoms in total. The fourth-order valence-electron chi connectivity index (χ4n) is 4.82. The van der Waals surface area contributed by atoms with Crippen LogP contribution in [0.4, 0.5) is 0 Å². The maximum atomic E-state index is 3.59. The molecule has 0 saturated carbocycles. The van der Waals surface area contributed by atoms with E-state index in [4.69, 9.17) is 0 Å². The Morgan fingerprint density at radius 1 is 1.28 bits per heavy atom. The molecule has 0 radical (unpaired) electrons. The van der Waals surface area contributed by atoms with E-state index in [1.807, 2.05) is 0 Å². The van der Waals surface area contributed by atoms with E-state index < -0.39 is 0 Å². The molecule has 0 aliphatic carbocycles. The standard InChI is InChI=1S/C15H29N3/c1-4-16-11(2)9-14-15-13(10-17(14)3)12-5-7-18(15)8-6-12/h11-16H,4-10H2,1-3H3. The van der Waals surface area contributed by atoms with Crippen LogP contribution in [0.25, 0.3) is 0 Å². The molecular formula is C15H29N3. The van der Waals surface area contributed by atoms with Crippen molar-refractivity contribution in [2.45, 2.75) is 51.2 Å². The lowest BCUT2D eigenvalue weighted by Crippen LogP contribution is -2.57. The molecule has 18 heavy (non-hydrogen) atoms. The van der Waals surface area contributed by atoms with Crippen molar-refractivity contribution in [3.63, 3.8) is 0 Å². The minimum absolute atomic E-state index is 0.655. The van der Waals surface area contributed by atoms with Gasteiger partial charge < -0.3 is 10.2 Å². The number of nitrogens with one attached hydrogen (secondary N) is 1. The van der Waals surface area contributed by atoms with Crippen molar-refractivity contribution < 1.29 is 0 Å². The quantitative estimate of drug-likeness (QED) is 0.815. The predicted molar refractivity (Wildman–Crippen MR) is 75.7 cm³/mol. The molecule has 0 aromatic heterocycles. The number of piperidine rings is 3. The molecule has 4 heterocycles. The van der Waals surface area contributed by atoms with E-state index >= 15 is 0 Å². The summed E-state index contributed by atoms with van der Waals surface area (Å²) < 4.78 is 0. The SMILES string of the molecule is CCNC(C)CC1C2C(CN1C)C1CCN2CC1. The smallest absolute Gasteiger partial charge is 0.0295 e. The van der Waals surface area contributed by atoms with Crippen molar-refractivity contribution in [2.75, 3.05) is 33.2 Å². The number of likely N-dealkylation sites (N-methyl/N-ethyl adjacent to an activating group) is 1. The monoisotopic (exact) mass is 251 g/mol. The second-order valence-corrected chi connectivity index (χ2v) is 6.73. The van der Waals surface area contributed by atoms with Gasteiger partial charge in [-0.15, -0.1) is 0 Å². The zero-order valence-electron chi connectivity index (χ0n) is 12.2. The summed E-state index contributed by atoms with van der Waals surface area (Å²) in [4.78, 5) is 5.46. The van der Waals surface area contributed by atoms with Gasteiger partial charge in [-0.3, -0.25) is 4.90 Å².